The Balaban J connectivity index is 1.45. The summed E-state index contributed by atoms with van der Waals surface area (Å²) in [7, 11) is 1.36. The van der Waals surface area contributed by atoms with Crippen LogP contribution < -0.4 is 0 Å². The van der Waals surface area contributed by atoms with E-state index in [0.29, 0.717) is 23.8 Å². The SMILES string of the molecule is COC(=O)c1ccc(-c2noc(CN3CCc4[nH]ncc4C3)n2)cc1. The largest absolute Gasteiger partial charge is 0.465 e. The van der Waals surface area contributed by atoms with Crippen LogP contribution in [0.2, 0.25) is 0 Å². The third-order valence-corrected chi connectivity index (χ3v) is 4.27. The van der Waals surface area contributed by atoms with Gasteiger partial charge >= 0.3 is 5.97 Å². The van der Waals surface area contributed by atoms with Gasteiger partial charge in [0.2, 0.25) is 11.7 Å². The van der Waals surface area contributed by atoms with Gasteiger partial charge in [0.15, 0.2) is 0 Å². The lowest BCUT2D eigenvalue weighted by atomic mass is 10.1. The predicted molar refractivity (Wildman–Crippen MR) is 87.5 cm³/mol. The Labute approximate surface area is 143 Å². The van der Waals surface area contributed by atoms with Crippen LogP contribution in [-0.2, 0) is 24.2 Å². The fourth-order valence-corrected chi connectivity index (χ4v) is 2.92. The van der Waals surface area contributed by atoms with Gasteiger partial charge in [0.1, 0.15) is 0 Å². The molecule has 1 aromatic carbocycles. The van der Waals surface area contributed by atoms with Crippen LogP contribution in [0.3, 0.4) is 0 Å². The number of carbonyl (C=O) groups excluding carboxylic acids is 1. The molecule has 1 aliphatic rings. The maximum Gasteiger partial charge on any atom is 0.337 e. The Morgan fingerprint density at radius 1 is 1.36 bits per heavy atom. The molecule has 0 aliphatic carbocycles. The van der Waals surface area contributed by atoms with Crippen LogP contribution in [0, 0.1) is 0 Å². The first kappa shape index (κ1) is 15.5. The number of benzene rings is 1. The summed E-state index contributed by atoms with van der Waals surface area (Å²) in [5.41, 5.74) is 3.69. The molecule has 0 saturated heterocycles. The number of fused-ring (bicyclic) bond motifs is 1. The van der Waals surface area contributed by atoms with E-state index in [1.54, 1.807) is 24.3 Å². The first-order valence-corrected chi connectivity index (χ1v) is 7.98. The summed E-state index contributed by atoms with van der Waals surface area (Å²) in [5.74, 6) is 0.704. The van der Waals surface area contributed by atoms with Gasteiger partial charge < -0.3 is 9.26 Å². The van der Waals surface area contributed by atoms with Gasteiger partial charge in [-0.2, -0.15) is 10.1 Å². The second kappa shape index (κ2) is 6.48. The van der Waals surface area contributed by atoms with Crippen LogP contribution in [0.5, 0.6) is 0 Å². The zero-order valence-corrected chi connectivity index (χ0v) is 13.7. The summed E-state index contributed by atoms with van der Waals surface area (Å²) in [6, 6.07) is 6.92. The number of H-pyrrole nitrogens is 1. The van der Waals surface area contributed by atoms with Crippen molar-refractivity contribution in [3.8, 4) is 11.4 Å². The highest BCUT2D eigenvalue weighted by Gasteiger charge is 2.20. The van der Waals surface area contributed by atoms with E-state index in [9.17, 15) is 4.79 Å². The lowest BCUT2D eigenvalue weighted by molar-refractivity contribution is 0.0601. The van der Waals surface area contributed by atoms with E-state index in [4.69, 9.17) is 4.52 Å². The van der Waals surface area contributed by atoms with Crippen molar-refractivity contribution in [2.45, 2.75) is 19.5 Å². The van der Waals surface area contributed by atoms with Gasteiger partial charge in [0, 0.05) is 36.3 Å². The Hall–Kier alpha value is -3.00. The number of aromatic amines is 1. The Kier molecular flexibility index (Phi) is 4.02. The number of methoxy groups -OCH3 is 1. The quantitative estimate of drug-likeness (QED) is 0.724. The Morgan fingerprint density at radius 3 is 3.00 bits per heavy atom. The minimum Gasteiger partial charge on any atom is -0.465 e. The van der Waals surface area contributed by atoms with E-state index in [-0.39, 0.29) is 5.97 Å². The number of rotatable bonds is 4. The molecule has 0 amide bonds. The number of aromatic nitrogens is 4. The third kappa shape index (κ3) is 3.16. The maximum atomic E-state index is 11.5. The van der Waals surface area contributed by atoms with Gasteiger partial charge in [-0.3, -0.25) is 10.00 Å². The van der Waals surface area contributed by atoms with Crippen molar-refractivity contribution < 1.29 is 14.1 Å². The molecule has 1 N–H and O–H groups in total. The lowest BCUT2D eigenvalue weighted by Gasteiger charge is -2.24. The molecule has 0 unspecified atom stereocenters. The molecular formula is C17H17N5O3. The number of esters is 1. The molecule has 8 nitrogen and oxygen atoms in total. The van der Waals surface area contributed by atoms with Gasteiger partial charge in [0.25, 0.3) is 0 Å². The summed E-state index contributed by atoms with van der Waals surface area (Å²) in [6.07, 6.45) is 2.80. The van der Waals surface area contributed by atoms with Crippen molar-refractivity contribution in [2.24, 2.45) is 0 Å². The van der Waals surface area contributed by atoms with Gasteiger partial charge in [-0.05, 0) is 12.1 Å². The normalized spacial score (nSPS) is 14.3. The molecular weight excluding hydrogens is 322 g/mol. The highest BCUT2D eigenvalue weighted by molar-refractivity contribution is 5.89. The topological polar surface area (TPSA) is 97.1 Å². The molecule has 0 bridgehead atoms. The van der Waals surface area contributed by atoms with Crippen molar-refractivity contribution in [3.05, 3.63) is 53.2 Å². The lowest BCUT2D eigenvalue weighted by Crippen LogP contribution is -2.29. The van der Waals surface area contributed by atoms with Crippen LogP contribution in [0.1, 0.15) is 27.5 Å². The molecule has 8 heteroatoms. The highest BCUT2D eigenvalue weighted by atomic mass is 16.5. The smallest absolute Gasteiger partial charge is 0.337 e. The molecule has 0 spiro atoms. The van der Waals surface area contributed by atoms with Crippen LogP contribution in [0.4, 0.5) is 0 Å². The predicted octanol–water partition coefficient (Wildman–Crippen LogP) is 1.80. The van der Waals surface area contributed by atoms with Gasteiger partial charge in [-0.25, -0.2) is 4.79 Å². The van der Waals surface area contributed by atoms with E-state index in [2.05, 4.69) is 30.0 Å². The van der Waals surface area contributed by atoms with E-state index in [1.807, 2.05) is 6.20 Å². The summed E-state index contributed by atoms with van der Waals surface area (Å²) in [4.78, 5) is 18.2. The molecule has 0 atom stereocenters. The number of hydrogen-bond acceptors (Lipinski definition) is 7. The zero-order chi connectivity index (χ0) is 17.2. The number of ether oxygens (including phenoxy) is 1. The average Bonchev–Trinajstić information content (AvgIpc) is 3.30. The van der Waals surface area contributed by atoms with Crippen LogP contribution >= 0.6 is 0 Å². The molecule has 0 saturated carbocycles. The van der Waals surface area contributed by atoms with Crippen LogP contribution in [0.15, 0.2) is 35.0 Å². The number of hydrogen-bond donors (Lipinski definition) is 1. The minimum atomic E-state index is -0.371. The number of nitrogens with zero attached hydrogens (tertiary/aromatic N) is 4. The van der Waals surface area contributed by atoms with E-state index in [0.717, 1.165) is 25.1 Å². The summed E-state index contributed by atoms with van der Waals surface area (Å²) in [6.45, 7) is 2.33. The standard InChI is InChI=1S/C17H17N5O3/c1-24-17(23)12-4-2-11(3-5-12)16-19-15(25-21-16)10-22-7-6-14-13(9-22)8-18-20-14/h2-5,8H,6-7,9-10H2,1H3,(H,18,20). The average molecular weight is 339 g/mol. The molecule has 128 valence electrons. The van der Waals surface area contributed by atoms with Crippen molar-refractivity contribution in [1.82, 2.24) is 25.2 Å². The fraction of sp³-hybridized carbons (Fsp3) is 0.294. The molecule has 0 radical (unpaired) electrons. The first-order chi connectivity index (χ1) is 12.2. The maximum absolute atomic E-state index is 11.5. The molecule has 3 heterocycles. The minimum absolute atomic E-state index is 0.371. The third-order valence-electron chi connectivity index (χ3n) is 4.27. The van der Waals surface area contributed by atoms with Crippen molar-refractivity contribution in [1.29, 1.82) is 0 Å². The second-order valence-electron chi connectivity index (χ2n) is 5.92. The van der Waals surface area contributed by atoms with Crippen molar-refractivity contribution in [3.63, 3.8) is 0 Å². The molecule has 3 aromatic rings. The Morgan fingerprint density at radius 2 is 2.20 bits per heavy atom. The molecule has 0 fully saturated rings. The van der Waals surface area contributed by atoms with Crippen LogP contribution in [-0.4, -0.2) is 44.9 Å². The summed E-state index contributed by atoms with van der Waals surface area (Å²) < 4.78 is 10.1. The van der Waals surface area contributed by atoms with Gasteiger partial charge in [0.05, 0.1) is 25.4 Å². The Bertz CT molecular complexity index is 884. The van der Waals surface area contributed by atoms with Gasteiger partial charge in [-0.1, -0.05) is 17.3 Å². The first-order valence-electron chi connectivity index (χ1n) is 7.98. The number of nitrogens with one attached hydrogen (secondary N) is 1. The molecule has 1 aliphatic heterocycles. The monoisotopic (exact) mass is 339 g/mol. The van der Waals surface area contributed by atoms with Gasteiger partial charge in [-0.15, -0.1) is 0 Å². The van der Waals surface area contributed by atoms with E-state index in [1.165, 1.54) is 18.4 Å². The summed E-state index contributed by atoms with van der Waals surface area (Å²) in [5, 5.41) is 11.1. The van der Waals surface area contributed by atoms with Crippen LogP contribution in [0.25, 0.3) is 11.4 Å². The number of carbonyl (C=O) groups is 1. The molecule has 4 rings (SSSR count). The molecule has 2 aromatic heterocycles. The molecule has 25 heavy (non-hydrogen) atoms. The summed E-state index contributed by atoms with van der Waals surface area (Å²) >= 11 is 0. The van der Waals surface area contributed by atoms with Crippen molar-refractivity contribution in [2.75, 3.05) is 13.7 Å². The van der Waals surface area contributed by atoms with E-state index >= 15 is 0 Å². The van der Waals surface area contributed by atoms with E-state index < -0.39 is 0 Å². The zero-order valence-electron chi connectivity index (χ0n) is 13.7. The second-order valence-corrected chi connectivity index (χ2v) is 5.92. The fourth-order valence-electron chi connectivity index (χ4n) is 2.92. The highest BCUT2D eigenvalue weighted by Crippen LogP contribution is 2.20. The van der Waals surface area contributed by atoms with Crippen molar-refractivity contribution >= 4 is 5.97 Å².